The van der Waals surface area contributed by atoms with Gasteiger partial charge in [0.25, 0.3) is 11.1 Å². The maximum Gasteiger partial charge on any atom is 0.294 e. The molecule has 0 spiro atoms. The van der Waals surface area contributed by atoms with Crippen LogP contribution in [0.1, 0.15) is 18.1 Å². The standard InChI is InChI=1S/C27H20Cl3IN2O5S/c1-2-37-22-11-16(10-20(31)25(22)38-14-15-7-8-17(28)19(30)9-15)12-23-26(35)33(27(36)39-23)13-24(34)32-21-6-4-3-5-18(21)29/h3-12H,2,13-14H2,1H3,(H,32,34)/b23-12+. The van der Waals surface area contributed by atoms with Crippen molar-refractivity contribution < 1.29 is 23.9 Å². The Kier molecular flexibility index (Phi) is 10.1. The molecule has 1 fully saturated rings. The molecule has 0 aliphatic carbocycles. The lowest BCUT2D eigenvalue weighted by atomic mass is 10.1. The first-order valence-corrected chi connectivity index (χ1v) is 14.5. The van der Waals surface area contributed by atoms with Crippen molar-refractivity contribution in [3.8, 4) is 11.5 Å². The van der Waals surface area contributed by atoms with Crippen LogP contribution in [0.25, 0.3) is 6.08 Å². The molecule has 0 radical (unpaired) electrons. The van der Waals surface area contributed by atoms with Crippen LogP contribution in [0.15, 0.2) is 59.5 Å². The van der Waals surface area contributed by atoms with Gasteiger partial charge in [0.2, 0.25) is 5.91 Å². The van der Waals surface area contributed by atoms with E-state index in [1.807, 2.05) is 19.1 Å². The number of nitrogens with one attached hydrogen (secondary N) is 1. The van der Waals surface area contributed by atoms with Gasteiger partial charge in [-0.2, -0.15) is 0 Å². The van der Waals surface area contributed by atoms with Crippen LogP contribution in [-0.4, -0.2) is 35.1 Å². The summed E-state index contributed by atoms with van der Waals surface area (Å²) in [7, 11) is 0. The molecule has 3 amide bonds. The van der Waals surface area contributed by atoms with Gasteiger partial charge in [-0.1, -0.05) is 53.0 Å². The van der Waals surface area contributed by atoms with Crippen molar-refractivity contribution in [2.24, 2.45) is 0 Å². The van der Waals surface area contributed by atoms with E-state index in [9.17, 15) is 14.4 Å². The minimum Gasteiger partial charge on any atom is -0.490 e. The zero-order valence-electron chi connectivity index (χ0n) is 20.3. The van der Waals surface area contributed by atoms with E-state index < -0.39 is 23.6 Å². The second-order valence-corrected chi connectivity index (χ2v) is 11.5. The second-order valence-electron chi connectivity index (χ2n) is 8.10. The van der Waals surface area contributed by atoms with Gasteiger partial charge in [-0.25, -0.2) is 0 Å². The fraction of sp³-hybridized carbons (Fsp3) is 0.148. The minimum absolute atomic E-state index is 0.188. The molecule has 1 saturated heterocycles. The number of amides is 3. The average molecular weight is 718 g/mol. The van der Waals surface area contributed by atoms with Crippen LogP contribution in [0, 0.1) is 3.57 Å². The number of hydrogen-bond donors (Lipinski definition) is 1. The van der Waals surface area contributed by atoms with Crippen molar-refractivity contribution in [3.05, 3.63) is 89.3 Å². The van der Waals surface area contributed by atoms with Gasteiger partial charge in [-0.3, -0.25) is 19.3 Å². The van der Waals surface area contributed by atoms with Gasteiger partial charge in [0.1, 0.15) is 13.2 Å². The molecule has 7 nitrogen and oxygen atoms in total. The van der Waals surface area contributed by atoms with E-state index in [1.54, 1.807) is 48.5 Å². The van der Waals surface area contributed by atoms with Crippen LogP contribution >= 0.6 is 69.2 Å². The predicted molar refractivity (Wildman–Crippen MR) is 164 cm³/mol. The lowest BCUT2D eigenvalue weighted by Crippen LogP contribution is -2.36. The van der Waals surface area contributed by atoms with Crippen LogP contribution in [0.3, 0.4) is 0 Å². The van der Waals surface area contributed by atoms with E-state index >= 15 is 0 Å². The first kappa shape index (κ1) is 29.5. The number of carbonyl (C=O) groups is 3. The predicted octanol–water partition coefficient (Wildman–Crippen LogP) is 7.90. The van der Waals surface area contributed by atoms with E-state index in [0.717, 1.165) is 25.8 Å². The number of para-hydroxylation sites is 1. The van der Waals surface area contributed by atoms with E-state index in [1.165, 1.54) is 0 Å². The largest absolute Gasteiger partial charge is 0.490 e. The van der Waals surface area contributed by atoms with Crippen LogP contribution in [0.5, 0.6) is 11.5 Å². The molecule has 39 heavy (non-hydrogen) atoms. The Morgan fingerprint density at radius 3 is 2.51 bits per heavy atom. The third-order valence-corrected chi connectivity index (χ3v) is 8.10. The number of benzene rings is 3. The Morgan fingerprint density at radius 1 is 1.03 bits per heavy atom. The van der Waals surface area contributed by atoms with Crippen molar-refractivity contribution in [1.82, 2.24) is 4.90 Å². The van der Waals surface area contributed by atoms with Crippen LogP contribution in [0.4, 0.5) is 10.5 Å². The van der Waals surface area contributed by atoms with Crippen molar-refractivity contribution in [1.29, 1.82) is 0 Å². The van der Waals surface area contributed by atoms with E-state index in [4.69, 9.17) is 44.3 Å². The van der Waals surface area contributed by atoms with Gasteiger partial charge in [-0.15, -0.1) is 0 Å². The van der Waals surface area contributed by atoms with Gasteiger partial charge in [0.05, 0.1) is 35.8 Å². The van der Waals surface area contributed by atoms with E-state index in [2.05, 4.69) is 27.9 Å². The smallest absolute Gasteiger partial charge is 0.294 e. The molecule has 4 rings (SSSR count). The molecule has 12 heteroatoms. The highest BCUT2D eigenvalue weighted by molar-refractivity contribution is 14.1. The third kappa shape index (κ3) is 7.40. The zero-order chi connectivity index (χ0) is 28.1. The quantitative estimate of drug-likeness (QED) is 0.179. The van der Waals surface area contributed by atoms with Gasteiger partial charge < -0.3 is 14.8 Å². The molecule has 0 unspecified atom stereocenters. The molecule has 1 heterocycles. The Bertz CT molecular complexity index is 1480. The fourth-order valence-electron chi connectivity index (χ4n) is 3.54. The number of carbonyl (C=O) groups excluding carboxylic acids is 3. The molecular formula is C27H20Cl3IN2O5S. The van der Waals surface area contributed by atoms with Gasteiger partial charge >= 0.3 is 0 Å². The molecule has 0 bridgehead atoms. The number of halogens is 4. The molecule has 0 aromatic heterocycles. The Balaban J connectivity index is 1.50. The van der Waals surface area contributed by atoms with Crippen molar-refractivity contribution in [2.75, 3.05) is 18.5 Å². The topological polar surface area (TPSA) is 84.9 Å². The highest BCUT2D eigenvalue weighted by Gasteiger charge is 2.36. The monoisotopic (exact) mass is 716 g/mol. The highest BCUT2D eigenvalue weighted by Crippen LogP contribution is 2.38. The van der Waals surface area contributed by atoms with Crippen molar-refractivity contribution in [3.63, 3.8) is 0 Å². The summed E-state index contributed by atoms with van der Waals surface area (Å²) >= 11 is 21.1. The molecule has 0 saturated carbocycles. The summed E-state index contributed by atoms with van der Waals surface area (Å²) in [5.74, 6) is -0.0883. The number of rotatable bonds is 9. The molecule has 1 aliphatic heterocycles. The van der Waals surface area contributed by atoms with E-state index in [0.29, 0.717) is 44.4 Å². The molecular weight excluding hydrogens is 698 g/mol. The highest BCUT2D eigenvalue weighted by atomic mass is 127. The van der Waals surface area contributed by atoms with Crippen LogP contribution in [0.2, 0.25) is 15.1 Å². The number of ether oxygens (including phenoxy) is 2. The van der Waals surface area contributed by atoms with Crippen molar-refractivity contribution in [2.45, 2.75) is 13.5 Å². The average Bonchev–Trinajstić information content (AvgIpc) is 3.14. The van der Waals surface area contributed by atoms with E-state index in [-0.39, 0.29) is 11.5 Å². The SMILES string of the molecule is CCOc1cc(/C=C2/SC(=O)N(CC(=O)Nc3ccccc3Cl)C2=O)cc(I)c1OCc1ccc(Cl)c(Cl)c1. The minimum atomic E-state index is -0.563. The second kappa shape index (κ2) is 13.3. The van der Waals surface area contributed by atoms with Gasteiger partial charge in [0.15, 0.2) is 11.5 Å². The molecule has 202 valence electrons. The summed E-state index contributed by atoms with van der Waals surface area (Å²) in [4.78, 5) is 39.1. The first-order valence-electron chi connectivity index (χ1n) is 11.5. The summed E-state index contributed by atoms with van der Waals surface area (Å²) in [5, 5.41) is 3.32. The van der Waals surface area contributed by atoms with Crippen LogP contribution in [-0.2, 0) is 16.2 Å². The number of nitrogens with zero attached hydrogens (tertiary/aromatic N) is 1. The molecule has 0 atom stereocenters. The summed E-state index contributed by atoms with van der Waals surface area (Å²) < 4.78 is 12.6. The normalized spacial score (nSPS) is 14.2. The summed E-state index contributed by atoms with van der Waals surface area (Å²) in [6.07, 6.45) is 1.59. The summed E-state index contributed by atoms with van der Waals surface area (Å²) in [5.41, 5.74) is 1.86. The molecule has 1 aliphatic rings. The lowest BCUT2D eigenvalue weighted by Gasteiger charge is -2.15. The van der Waals surface area contributed by atoms with Crippen LogP contribution < -0.4 is 14.8 Å². The van der Waals surface area contributed by atoms with Crippen molar-refractivity contribution >= 4 is 98.0 Å². The Hall–Kier alpha value is -2.44. The Labute approximate surface area is 257 Å². The lowest BCUT2D eigenvalue weighted by molar-refractivity contribution is -0.127. The molecule has 3 aromatic rings. The number of hydrogen-bond acceptors (Lipinski definition) is 6. The number of imide groups is 1. The fourth-order valence-corrected chi connectivity index (χ4v) is 5.67. The van der Waals surface area contributed by atoms with Gasteiger partial charge in [-0.05, 0) is 94.9 Å². The maximum atomic E-state index is 13.0. The maximum absolute atomic E-state index is 13.0. The summed E-state index contributed by atoms with van der Waals surface area (Å²) in [6, 6.07) is 15.5. The molecule has 1 N–H and O–H groups in total. The number of anilines is 1. The first-order chi connectivity index (χ1) is 18.7. The van der Waals surface area contributed by atoms with Gasteiger partial charge in [0, 0.05) is 0 Å². The zero-order valence-corrected chi connectivity index (χ0v) is 25.5. The Morgan fingerprint density at radius 2 is 1.79 bits per heavy atom. The summed E-state index contributed by atoms with van der Waals surface area (Å²) in [6.45, 7) is 2.04. The molecule has 3 aromatic carbocycles. The third-order valence-electron chi connectivity index (χ3n) is 5.32. The number of thioether (sulfide) groups is 1.